The minimum Gasteiger partial charge on any atom is -0.355 e. The largest absolute Gasteiger partial charge is 0.355 e. The molecule has 0 unspecified atom stereocenters. The Bertz CT molecular complexity index is 770. The van der Waals surface area contributed by atoms with Crippen molar-refractivity contribution < 1.29 is 8.42 Å². The molecule has 1 aromatic heterocycles. The number of aromatic nitrogens is 2. The highest BCUT2D eigenvalue weighted by atomic mass is 32.2. The number of nitrogens with one attached hydrogen (secondary N) is 3. The minimum atomic E-state index is -3.48. The van der Waals surface area contributed by atoms with Crippen molar-refractivity contribution in [3.05, 3.63) is 48.3 Å². The first kappa shape index (κ1) is 18.0. The molecule has 0 saturated heterocycles. The van der Waals surface area contributed by atoms with Crippen LogP contribution in [0.5, 0.6) is 0 Å². The number of sulfonamides is 1. The highest BCUT2D eigenvalue weighted by molar-refractivity contribution is 7.89. The number of aryl methyl sites for hydroxylation is 1. The quantitative estimate of drug-likeness (QED) is 0.373. The molecule has 0 spiro atoms. The number of rotatable bonds is 7. The average molecular weight is 350 g/mol. The van der Waals surface area contributed by atoms with Gasteiger partial charge in [-0.25, -0.2) is 13.1 Å². The lowest BCUT2D eigenvalue weighted by molar-refractivity contribution is 0.580. The first-order chi connectivity index (χ1) is 11.5. The zero-order valence-corrected chi connectivity index (χ0v) is 14.5. The molecule has 3 N–H and O–H groups in total. The lowest BCUT2D eigenvalue weighted by Crippen LogP contribution is -2.41. The number of guanidine groups is 1. The minimum absolute atomic E-state index is 0.253. The van der Waals surface area contributed by atoms with Gasteiger partial charge in [0.05, 0.1) is 17.1 Å². The van der Waals surface area contributed by atoms with Crippen LogP contribution in [0.25, 0.3) is 0 Å². The van der Waals surface area contributed by atoms with E-state index in [-0.39, 0.29) is 11.4 Å². The van der Waals surface area contributed by atoms with Gasteiger partial charge in [-0.2, -0.15) is 5.10 Å². The third kappa shape index (κ3) is 5.07. The van der Waals surface area contributed by atoms with E-state index in [9.17, 15) is 8.42 Å². The summed E-state index contributed by atoms with van der Waals surface area (Å²) in [6, 6.07) is 10.2. The van der Waals surface area contributed by atoms with E-state index >= 15 is 0 Å². The summed E-state index contributed by atoms with van der Waals surface area (Å²) in [5, 5.41) is 10.3. The van der Waals surface area contributed by atoms with Gasteiger partial charge in [-0.3, -0.25) is 9.67 Å². The van der Waals surface area contributed by atoms with Crippen molar-refractivity contribution >= 4 is 16.0 Å². The molecule has 0 fully saturated rings. The molecule has 0 atom stereocenters. The maximum Gasteiger partial charge on any atom is 0.240 e. The van der Waals surface area contributed by atoms with Crippen molar-refractivity contribution in [2.75, 3.05) is 20.1 Å². The van der Waals surface area contributed by atoms with Crippen LogP contribution in [-0.4, -0.2) is 44.3 Å². The van der Waals surface area contributed by atoms with Gasteiger partial charge in [0, 0.05) is 33.4 Å². The summed E-state index contributed by atoms with van der Waals surface area (Å²) in [5.74, 6) is 0.593. The normalized spacial score (nSPS) is 12.2. The molecule has 130 valence electrons. The predicted octanol–water partition coefficient (Wildman–Crippen LogP) is 0.0636. The maximum absolute atomic E-state index is 12.1. The van der Waals surface area contributed by atoms with Crippen LogP contribution in [0.3, 0.4) is 0 Å². The molecular formula is C15H22N6O2S. The Morgan fingerprint density at radius 1 is 1.17 bits per heavy atom. The molecule has 2 aromatic rings. The second-order valence-corrected chi connectivity index (χ2v) is 6.78. The Hall–Kier alpha value is -2.39. The first-order valence-corrected chi connectivity index (χ1v) is 8.97. The van der Waals surface area contributed by atoms with E-state index in [1.165, 1.54) is 0 Å². The lowest BCUT2D eigenvalue weighted by atomic mass is 10.4. The molecule has 0 aliphatic rings. The number of nitrogens with zero attached hydrogens (tertiary/aromatic N) is 3. The zero-order chi connectivity index (χ0) is 17.4. The fourth-order valence-electron chi connectivity index (χ4n) is 2.02. The molecule has 2 rings (SSSR count). The topological polar surface area (TPSA) is 100 Å². The van der Waals surface area contributed by atoms with Crippen LogP contribution in [0.2, 0.25) is 0 Å². The van der Waals surface area contributed by atoms with E-state index in [0.29, 0.717) is 19.0 Å². The fourth-order valence-corrected chi connectivity index (χ4v) is 3.07. The molecule has 0 amide bonds. The number of benzene rings is 1. The van der Waals surface area contributed by atoms with Crippen LogP contribution in [0.1, 0.15) is 5.69 Å². The third-order valence-corrected chi connectivity index (χ3v) is 4.82. The van der Waals surface area contributed by atoms with Crippen molar-refractivity contribution in [1.82, 2.24) is 25.1 Å². The smallest absolute Gasteiger partial charge is 0.240 e. The summed E-state index contributed by atoms with van der Waals surface area (Å²) in [4.78, 5) is 4.35. The summed E-state index contributed by atoms with van der Waals surface area (Å²) in [5.41, 5.74) is 1.02. The summed E-state index contributed by atoms with van der Waals surface area (Å²) < 4.78 is 28.5. The Kier molecular flexibility index (Phi) is 6.33. The molecule has 8 nitrogen and oxygen atoms in total. The van der Waals surface area contributed by atoms with Gasteiger partial charge in [0.25, 0.3) is 0 Å². The van der Waals surface area contributed by atoms with Crippen molar-refractivity contribution in [3.8, 4) is 0 Å². The molecule has 0 aliphatic heterocycles. The Morgan fingerprint density at radius 2 is 1.92 bits per heavy atom. The fraction of sp³-hybridized carbons (Fsp3) is 0.333. The Morgan fingerprint density at radius 3 is 2.54 bits per heavy atom. The second-order valence-electron chi connectivity index (χ2n) is 5.01. The van der Waals surface area contributed by atoms with E-state index < -0.39 is 10.0 Å². The van der Waals surface area contributed by atoms with Gasteiger partial charge < -0.3 is 10.6 Å². The molecule has 0 bridgehead atoms. The summed E-state index contributed by atoms with van der Waals surface area (Å²) in [7, 11) is 0.0459. The Balaban J connectivity index is 1.75. The molecule has 1 aromatic carbocycles. The highest BCUT2D eigenvalue weighted by Gasteiger charge is 2.12. The summed E-state index contributed by atoms with van der Waals surface area (Å²) in [6.07, 6.45) is 1.73. The van der Waals surface area contributed by atoms with Crippen LogP contribution in [0.4, 0.5) is 0 Å². The van der Waals surface area contributed by atoms with Gasteiger partial charge in [-0.05, 0) is 18.2 Å². The maximum atomic E-state index is 12.1. The van der Waals surface area contributed by atoms with Gasteiger partial charge in [0.2, 0.25) is 10.0 Å². The molecule has 24 heavy (non-hydrogen) atoms. The van der Waals surface area contributed by atoms with E-state index in [0.717, 1.165) is 5.69 Å². The van der Waals surface area contributed by atoms with Gasteiger partial charge in [0.1, 0.15) is 0 Å². The van der Waals surface area contributed by atoms with Crippen LogP contribution in [0.15, 0.2) is 52.5 Å². The molecule has 0 saturated carbocycles. The highest BCUT2D eigenvalue weighted by Crippen LogP contribution is 2.06. The molecular weight excluding hydrogens is 328 g/mol. The first-order valence-electron chi connectivity index (χ1n) is 7.49. The molecule has 0 aliphatic carbocycles. The predicted molar refractivity (Wildman–Crippen MR) is 93.0 cm³/mol. The standard InChI is InChI=1S/C15H22N6O2S/c1-16-15(18-12-13-8-9-19-21(13)2)17-10-11-20-24(22,23)14-6-4-3-5-7-14/h3-9,20H,10-12H2,1-2H3,(H2,16,17,18). The third-order valence-electron chi connectivity index (χ3n) is 3.35. The van der Waals surface area contributed by atoms with Crippen LogP contribution in [0, 0.1) is 0 Å². The van der Waals surface area contributed by atoms with Crippen molar-refractivity contribution in [3.63, 3.8) is 0 Å². The van der Waals surface area contributed by atoms with E-state index in [1.54, 1.807) is 48.3 Å². The van der Waals surface area contributed by atoms with Crippen molar-refractivity contribution in [2.24, 2.45) is 12.0 Å². The average Bonchev–Trinajstić information content (AvgIpc) is 3.00. The summed E-state index contributed by atoms with van der Waals surface area (Å²) in [6.45, 7) is 1.24. The van der Waals surface area contributed by atoms with Gasteiger partial charge >= 0.3 is 0 Å². The molecule has 9 heteroatoms. The van der Waals surface area contributed by atoms with Gasteiger partial charge in [-0.1, -0.05) is 18.2 Å². The number of hydrogen-bond acceptors (Lipinski definition) is 4. The van der Waals surface area contributed by atoms with Crippen LogP contribution >= 0.6 is 0 Å². The molecule has 1 heterocycles. The van der Waals surface area contributed by atoms with Crippen molar-refractivity contribution in [1.29, 1.82) is 0 Å². The van der Waals surface area contributed by atoms with E-state index in [2.05, 4.69) is 25.4 Å². The van der Waals surface area contributed by atoms with E-state index in [4.69, 9.17) is 0 Å². The SMILES string of the molecule is CN=C(NCCNS(=O)(=O)c1ccccc1)NCc1ccnn1C. The zero-order valence-electron chi connectivity index (χ0n) is 13.7. The monoisotopic (exact) mass is 350 g/mol. The van der Waals surface area contributed by atoms with Crippen LogP contribution in [-0.2, 0) is 23.6 Å². The molecule has 0 radical (unpaired) electrons. The summed E-state index contributed by atoms with van der Waals surface area (Å²) >= 11 is 0. The second kappa shape index (κ2) is 8.46. The van der Waals surface area contributed by atoms with E-state index in [1.807, 2.05) is 13.1 Å². The number of aliphatic imine (C=N–C) groups is 1. The van der Waals surface area contributed by atoms with Crippen LogP contribution < -0.4 is 15.4 Å². The van der Waals surface area contributed by atoms with Crippen molar-refractivity contribution in [2.45, 2.75) is 11.4 Å². The van der Waals surface area contributed by atoms with Gasteiger partial charge in [0.15, 0.2) is 5.96 Å². The van der Waals surface area contributed by atoms with Gasteiger partial charge in [-0.15, -0.1) is 0 Å². The number of hydrogen-bond donors (Lipinski definition) is 3. The Labute approximate surface area is 142 Å². The lowest BCUT2D eigenvalue weighted by Gasteiger charge is -2.12.